The van der Waals surface area contributed by atoms with Crippen molar-refractivity contribution in [2.45, 2.75) is 19.8 Å². The SMILES string of the molecule is CCCS(=O)(=O)N1CCC2(CNC2)C1. The van der Waals surface area contributed by atoms with Crippen LogP contribution in [-0.2, 0) is 10.0 Å². The Balaban J connectivity index is 2.01. The van der Waals surface area contributed by atoms with E-state index in [1.165, 1.54) is 0 Å². The molecule has 2 aliphatic heterocycles. The normalized spacial score (nSPS) is 26.6. The van der Waals surface area contributed by atoms with Gasteiger partial charge in [-0.2, -0.15) is 0 Å². The first kappa shape index (κ1) is 10.4. The van der Waals surface area contributed by atoms with E-state index in [-0.39, 0.29) is 5.41 Å². The maximum Gasteiger partial charge on any atom is 0.214 e. The zero-order valence-corrected chi connectivity index (χ0v) is 9.44. The van der Waals surface area contributed by atoms with Gasteiger partial charge in [-0.15, -0.1) is 0 Å². The van der Waals surface area contributed by atoms with Gasteiger partial charge < -0.3 is 5.32 Å². The lowest BCUT2D eigenvalue weighted by atomic mass is 9.81. The van der Waals surface area contributed by atoms with Gasteiger partial charge in [0.1, 0.15) is 0 Å². The van der Waals surface area contributed by atoms with E-state index in [1.807, 2.05) is 6.92 Å². The molecule has 0 bridgehead atoms. The largest absolute Gasteiger partial charge is 0.315 e. The molecule has 2 saturated heterocycles. The third-order valence-electron chi connectivity index (χ3n) is 3.26. The smallest absolute Gasteiger partial charge is 0.214 e. The second kappa shape index (κ2) is 3.47. The predicted molar refractivity (Wildman–Crippen MR) is 55.6 cm³/mol. The first-order chi connectivity index (χ1) is 6.58. The summed E-state index contributed by atoms with van der Waals surface area (Å²) in [6.07, 6.45) is 1.74. The molecule has 0 aromatic heterocycles. The molecule has 0 unspecified atom stereocenters. The summed E-state index contributed by atoms with van der Waals surface area (Å²) in [5, 5.41) is 3.23. The molecule has 2 aliphatic rings. The highest BCUT2D eigenvalue weighted by atomic mass is 32.2. The molecule has 0 aliphatic carbocycles. The molecular formula is C9H18N2O2S. The number of hydrogen-bond donors (Lipinski definition) is 1. The number of hydrogen-bond acceptors (Lipinski definition) is 3. The van der Waals surface area contributed by atoms with Crippen LogP contribution in [0.3, 0.4) is 0 Å². The highest BCUT2D eigenvalue weighted by Gasteiger charge is 2.45. The second-order valence-corrected chi connectivity index (χ2v) is 6.59. The van der Waals surface area contributed by atoms with Crippen molar-refractivity contribution in [1.82, 2.24) is 9.62 Å². The molecule has 14 heavy (non-hydrogen) atoms. The minimum Gasteiger partial charge on any atom is -0.315 e. The summed E-state index contributed by atoms with van der Waals surface area (Å²) in [7, 11) is -2.95. The monoisotopic (exact) mass is 218 g/mol. The van der Waals surface area contributed by atoms with Crippen molar-refractivity contribution in [3.63, 3.8) is 0 Å². The zero-order valence-electron chi connectivity index (χ0n) is 8.62. The Labute approximate surface area is 85.7 Å². The fraction of sp³-hybridized carbons (Fsp3) is 1.00. The molecule has 5 heteroatoms. The Kier molecular flexibility index (Phi) is 2.57. The lowest BCUT2D eigenvalue weighted by Crippen LogP contribution is -2.55. The minimum atomic E-state index is -2.95. The summed E-state index contributed by atoms with van der Waals surface area (Å²) in [4.78, 5) is 0. The van der Waals surface area contributed by atoms with Gasteiger partial charge in [0.05, 0.1) is 5.75 Å². The van der Waals surface area contributed by atoms with Crippen molar-refractivity contribution >= 4 is 10.0 Å². The van der Waals surface area contributed by atoms with Gasteiger partial charge in [0.2, 0.25) is 10.0 Å². The summed E-state index contributed by atoms with van der Waals surface area (Å²) < 4.78 is 25.2. The average Bonchev–Trinajstić information content (AvgIpc) is 2.47. The van der Waals surface area contributed by atoms with Crippen molar-refractivity contribution in [2.75, 3.05) is 31.9 Å². The van der Waals surface area contributed by atoms with Crippen LogP contribution in [0.1, 0.15) is 19.8 Å². The van der Waals surface area contributed by atoms with Gasteiger partial charge >= 0.3 is 0 Å². The van der Waals surface area contributed by atoms with Crippen LogP contribution in [0.4, 0.5) is 0 Å². The molecule has 82 valence electrons. The maximum absolute atomic E-state index is 11.8. The Hall–Kier alpha value is -0.130. The van der Waals surface area contributed by atoms with Crippen LogP contribution in [0.2, 0.25) is 0 Å². The number of sulfonamides is 1. The van der Waals surface area contributed by atoms with Gasteiger partial charge in [0, 0.05) is 31.6 Å². The second-order valence-electron chi connectivity index (χ2n) is 4.50. The number of nitrogens with zero attached hydrogens (tertiary/aromatic N) is 1. The third kappa shape index (κ3) is 1.68. The highest BCUT2D eigenvalue weighted by Crippen LogP contribution is 2.35. The van der Waals surface area contributed by atoms with E-state index in [0.717, 1.165) is 32.6 Å². The van der Waals surface area contributed by atoms with Crippen LogP contribution in [0, 0.1) is 5.41 Å². The van der Waals surface area contributed by atoms with Crippen molar-refractivity contribution < 1.29 is 8.42 Å². The Morgan fingerprint density at radius 2 is 2.14 bits per heavy atom. The average molecular weight is 218 g/mol. The summed E-state index contributed by atoms with van der Waals surface area (Å²) in [5.41, 5.74) is 0.279. The lowest BCUT2D eigenvalue weighted by molar-refractivity contribution is 0.187. The van der Waals surface area contributed by atoms with Crippen LogP contribution in [-0.4, -0.2) is 44.7 Å². The fourth-order valence-electron chi connectivity index (χ4n) is 2.29. The molecule has 1 N–H and O–H groups in total. The van der Waals surface area contributed by atoms with Crippen LogP contribution in [0.25, 0.3) is 0 Å². The summed E-state index contributed by atoms with van der Waals surface area (Å²) in [6.45, 7) is 5.36. The van der Waals surface area contributed by atoms with E-state index in [4.69, 9.17) is 0 Å². The van der Waals surface area contributed by atoms with E-state index < -0.39 is 10.0 Å². The lowest BCUT2D eigenvalue weighted by Gasteiger charge is -2.39. The van der Waals surface area contributed by atoms with Crippen LogP contribution in [0.5, 0.6) is 0 Å². The van der Waals surface area contributed by atoms with Crippen molar-refractivity contribution in [3.8, 4) is 0 Å². The Morgan fingerprint density at radius 1 is 1.43 bits per heavy atom. The van der Waals surface area contributed by atoms with Gasteiger partial charge in [-0.05, 0) is 12.8 Å². The first-order valence-electron chi connectivity index (χ1n) is 5.27. The topological polar surface area (TPSA) is 49.4 Å². The molecule has 4 nitrogen and oxygen atoms in total. The van der Waals surface area contributed by atoms with Crippen molar-refractivity contribution in [3.05, 3.63) is 0 Å². The third-order valence-corrected chi connectivity index (χ3v) is 5.28. The van der Waals surface area contributed by atoms with E-state index in [2.05, 4.69) is 5.32 Å². The molecular weight excluding hydrogens is 200 g/mol. The van der Waals surface area contributed by atoms with E-state index >= 15 is 0 Å². The van der Waals surface area contributed by atoms with Gasteiger partial charge in [-0.25, -0.2) is 12.7 Å². The molecule has 0 aromatic carbocycles. The van der Waals surface area contributed by atoms with Crippen LogP contribution in [0.15, 0.2) is 0 Å². The standard InChI is InChI=1S/C9H18N2O2S/c1-2-5-14(12,13)11-4-3-9(8-11)6-10-7-9/h10H,2-8H2,1H3. The molecule has 0 radical (unpaired) electrons. The molecule has 1 spiro atoms. The van der Waals surface area contributed by atoms with Gasteiger partial charge in [0.25, 0.3) is 0 Å². The van der Waals surface area contributed by atoms with E-state index in [9.17, 15) is 8.42 Å². The number of rotatable bonds is 3. The van der Waals surface area contributed by atoms with Crippen molar-refractivity contribution in [2.24, 2.45) is 5.41 Å². The molecule has 0 aromatic rings. The van der Waals surface area contributed by atoms with Gasteiger partial charge in [-0.1, -0.05) is 6.92 Å². The van der Waals surface area contributed by atoms with Gasteiger partial charge in [0.15, 0.2) is 0 Å². The van der Waals surface area contributed by atoms with Crippen molar-refractivity contribution in [1.29, 1.82) is 0 Å². The summed E-state index contributed by atoms with van der Waals surface area (Å²) in [6, 6.07) is 0. The zero-order chi connectivity index (χ0) is 10.2. The molecule has 2 fully saturated rings. The molecule has 0 saturated carbocycles. The van der Waals surface area contributed by atoms with Crippen LogP contribution >= 0.6 is 0 Å². The van der Waals surface area contributed by atoms with E-state index in [0.29, 0.717) is 12.2 Å². The maximum atomic E-state index is 11.8. The highest BCUT2D eigenvalue weighted by molar-refractivity contribution is 7.89. The Morgan fingerprint density at radius 3 is 2.57 bits per heavy atom. The van der Waals surface area contributed by atoms with Crippen LogP contribution < -0.4 is 5.32 Å². The predicted octanol–water partition coefficient (Wildman–Crippen LogP) is 0.0215. The number of nitrogens with one attached hydrogen (secondary N) is 1. The molecule has 2 rings (SSSR count). The van der Waals surface area contributed by atoms with Gasteiger partial charge in [-0.3, -0.25) is 0 Å². The first-order valence-corrected chi connectivity index (χ1v) is 6.87. The molecule has 0 atom stereocenters. The minimum absolute atomic E-state index is 0.279. The summed E-state index contributed by atoms with van der Waals surface area (Å²) in [5.74, 6) is 0.302. The Bertz CT molecular complexity index is 309. The quantitative estimate of drug-likeness (QED) is 0.726. The summed E-state index contributed by atoms with van der Waals surface area (Å²) >= 11 is 0. The molecule has 2 heterocycles. The van der Waals surface area contributed by atoms with E-state index in [1.54, 1.807) is 4.31 Å². The molecule has 0 amide bonds. The fourth-order valence-corrected chi connectivity index (χ4v) is 3.90.